The van der Waals surface area contributed by atoms with Gasteiger partial charge >= 0.3 is 51.4 Å². The molecule has 1 rings (SSSR count). The van der Waals surface area contributed by atoms with Crippen LogP contribution in [0.3, 0.4) is 0 Å². The van der Waals surface area contributed by atoms with E-state index < -0.39 is 5.97 Å². The molecule has 1 heterocycles. The zero-order valence-corrected chi connectivity index (χ0v) is 11.0. The summed E-state index contributed by atoms with van der Waals surface area (Å²) in [6, 6.07) is 0. The van der Waals surface area contributed by atoms with E-state index in [9.17, 15) is 9.90 Å². The summed E-state index contributed by atoms with van der Waals surface area (Å²) in [5.41, 5.74) is 0. The molecule has 0 saturated heterocycles. The molecule has 0 spiro atoms. The third-order valence-corrected chi connectivity index (χ3v) is 1.24. The van der Waals surface area contributed by atoms with Crippen LogP contribution in [0.2, 0.25) is 5.28 Å². The normalized spacial score (nSPS) is 9.38. The number of hydrogen-bond acceptors (Lipinski definition) is 5. The molecule has 0 N–H and O–H groups in total. The van der Waals surface area contributed by atoms with Gasteiger partial charge in [-0.1, -0.05) is 0 Å². The average Bonchev–Trinajstić information content (AvgIpc) is 2.32. The Hall–Kier alpha value is 0.496. The fourth-order valence-corrected chi connectivity index (χ4v) is 0.849. The van der Waals surface area contributed by atoms with Gasteiger partial charge in [-0.2, -0.15) is 4.98 Å². The quantitative estimate of drug-likeness (QED) is 0.493. The van der Waals surface area contributed by atoms with Gasteiger partial charge in [-0.15, -0.1) is 5.10 Å². The summed E-state index contributed by atoms with van der Waals surface area (Å²) in [6.45, 7) is -0.0248. The fraction of sp³-hybridized carbons (Fsp3) is 0.400. The van der Waals surface area contributed by atoms with Crippen LogP contribution in [0.5, 0.6) is 0 Å². The summed E-state index contributed by atoms with van der Waals surface area (Å²) in [4.78, 5) is 13.8. The van der Waals surface area contributed by atoms with Crippen molar-refractivity contribution in [3.8, 4) is 0 Å². The van der Waals surface area contributed by atoms with Crippen LogP contribution in [-0.2, 0) is 11.5 Å². The van der Waals surface area contributed by atoms with Crippen LogP contribution in [0, 0.1) is 0 Å². The molecular weight excluding hydrogens is 225 g/mol. The first-order valence-electron chi connectivity index (χ1n) is 2.95. The van der Waals surface area contributed by atoms with Crippen LogP contribution in [-0.4, -0.2) is 27.8 Å². The summed E-state index contributed by atoms with van der Waals surface area (Å²) in [6.07, 6.45) is 0. The number of methoxy groups -OCH3 is 1. The van der Waals surface area contributed by atoms with Crippen molar-refractivity contribution in [1.29, 1.82) is 0 Å². The first-order chi connectivity index (χ1) is 5.65. The van der Waals surface area contributed by atoms with Crippen LogP contribution < -0.4 is 56.5 Å². The van der Waals surface area contributed by atoms with Crippen molar-refractivity contribution in [3.63, 3.8) is 0 Å². The summed E-state index contributed by atoms with van der Waals surface area (Å²) in [5, 5.41) is 13.8. The fourth-order valence-electron chi connectivity index (χ4n) is 0.678. The minimum atomic E-state index is -1.44. The molecule has 0 aliphatic heterocycles. The molecular formula is C5H5ClKN3O3. The van der Waals surface area contributed by atoms with E-state index in [1.54, 1.807) is 0 Å². The van der Waals surface area contributed by atoms with Crippen molar-refractivity contribution >= 4 is 17.6 Å². The summed E-state index contributed by atoms with van der Waals surface area (Å²) in [5.74, 6) is -1.78. The third-order valence-electron chi connectivity index (χ3n) is 1.08. The van der Waals surface area contributed by atoms with Gasteiger partial charge in [0, 0.05) is 7.11 Å². The van der Waals surface area contributed by atoms with E-state index >= 15 is 0 Å². The Morgan fingerprint density at radius 3 is 2.85 bits per heavy atom. The van der Waals surface area contributed by atoms with E-state index in [0.717, 1.165) is 4.68 Å². The molecule has 0 atom stereocenters. The maximum atomic E-state index is 10.4. The molecule has 0 amide bonds. The Morgan fingerprint density at radius 1 is 1.77 bits per heavy atom. The number of rotatable bonds is 3. The van der Waals surface area contributed by atoms with E-state index in [0.29, 0.717) is 0 Å². The SMILES string of the molecule is COCn1nc(Cl)nc1C(=O)[O-].[K+]. The largest absolute Gasteiger partial charge is 1.00 e. The maximum absolute atomic E-state index is 10.4. The number of nitrogens with zero attached hydrogens (tertiary/aromatic N) is 3. The molecule has 13 heavy (non-hydrogen) atoms. The van der Waals surface area contributed by atoms with E-state index in [2.05, 4.69) is 14.8 Å². The number of carboxylic acids is 1. The van der Waals surface area contributed by atoms with Crippen molar-refractivity contribution in [2.45, 2.75) is 6.73 Å². The average molecular weight is 230 g/mol. The molecule has 8 heteroatoms. The molecule has 0 aliphatic rings. The zero-order valence-electron chi connectivity index (χ0n) is 7.15. The minimum absolute atomic E-state index is 0. The van der Waals surface area contributed by atoms with E-state index in [4.69, 9.17) is 11.6 Å². The molecule has 0 aliphatic carbocycles. The second-order valence-corrected chi connectivity index (χ2v) is 2.25. The molecule has 6 nitrogen and oxygen atoms in total. The monoisotopic (exact) mass is 229 g/mol. The minimum Gasteiger partial charge on any atom is -0.542 e. The van der Waals surface area contributed by atoms with Gasteiger partial charge in [-0.25, -0.2) is 4.68 Å². The van der Waals surface area contributed by atoms with Crippen LogP contribution >= 0.6 is 11.6 Å². The first-order valence-corrected chi connectivity index (χ1v) is 3.33. The predicted octanol–water partition coefficient (Wildman–Crippen LogP) is -4.10. The Balaban J connectivity index is 0.00000144. The second kappa shape index (κ2) is 6.07. The Kier molecular flexibility index (Phi) is 6.30. The molecule has 0 fully saturated rings. The van der Waals surface area contributed by atoms with Gasteiger partial charge < -0.3 is 14.6 Å². The number of aromatic nitrogens is 3. The van der Waals surface area contributed by atoms with Crippen LogP contribution in [0.25, 0.3) is 0 Å². The number of carbonyl (C=O) groups excluding carboxylic acids is 1. The first kappa shape index (κ1) is 13.5. The summed E-state index contributed by atoms with van der Waals surface area (Å²) in [7, 11) is 1.40. The van der Waals surface area contributed by atoms with Crippen LogP contribution in [0.15, 0.2) is 0 Å². The van der Waals surface area contributed by atoms with E-state index in [-0.39, 0.29) is 69.2 Å². The molecule has 0 unspecified atom stereocenters. The van der Waals surface area contributed by atoms with Gasteiger partial charge in [0.25, 0.3) is 0 Å². The van der Waals surface area contributed by atoms with Gasteiger partial charge in [0.1, 0.15) is 12.7 Å². The van der Waals surface area contributed by atoms with Crippen LogP contribution in [0.1, 0.15) is 10.6 Å². The summed E-state index contributed by atoms with van der Waals surface area (Å²) < 4.78 is 5.64. The van der Waals surface area contributed by atoms with Crippen molar-refractivity contribution in [2.24, 2.45) is 0 Å². The zero-order chi connectivity index (χ0) is 9.14. The van der Waals surface area contributed by atoms with E-state index in [1.165, 1.54) is 7.11 Å². The Morgan fingerprint density at radius 2 is 2.38 bits per heavy atom. The number of halogens is 1. The molecule has 0 bridgehead atoms. The number of hydrogen-bond donors (Lipinski definition) is 0. The molecule has 0 saturated carbocycles. The molecule has 1 aromatic rings. The van der Waals surface area contributed by atoms with Gasteiger partial charge in [0.2, 0.25) is 5.28 Å². The second-order valence-electron chi connectivity index (χ2n) is 1.91. The van der Waals surface area contributed by atoms with Gasteiger partial charge in [0.05, 0.1) is 0 Å². The molecule has 66 valence electrons. The predicted molar refractivity (Wildman–Crippen MR) is 36.4 cm³/mol. The maximum Gasteiger partial charge on any atom is 1.00 e. The van der Waals surface area contributed by atoms with Crippen molar-refractivity contribution in [3.05, 3.63) is 11.1 Å². The number of carbonyl (C=O) groups is 1. The topological polar surface area (TPSA) is 80.1 Å². The van der Waals surface area contributed by atoms with Gasteiger partial charge in [-0.05, 0) is 11.6 Å². The van der Waals surface area contributed by atoms with Crippen molar-refractivity contribution < 1.29 is 66.0 Å². The van der Waals surface area contributed by atoms with Crippen LogP contribution in [0.4, 0.5) is 0 Å². The molecule has 0 radical (unpaired) electrons. The molecule has 1 aromatic heterocycles. The number of carboxylic acid groups (broad SMARTS) is 1. The Labute approximate surface area is 122 Å². The van der Waals surface area contributed by atoms with Crippen molar-refractivity contribution in [1.82, 2.24) is 14.8 Å². The van der Waals surface area contributed by atoms with E-state index in [1.807, 2.05) is 0 Å². The van der Waals surface area contributed by atoms with Gasteiger partial charge in [0.15, 0.2) is 5.82 Å². The number of aromatic carboxylic acids is 1. The number of ether oxygens (including phenoxy) is 1. The standard InChI is InChI=1S/C5H6ClN3O3.K/c1-12-2-9-3(4(10)11)7-5(6)8-9;/h2H2,1H3,(H,10,11);/q;+1/p-1. The molecule has 0 aromatic carbocycles. The Bertz CT molecular complexity index is 303. The summed E-state index contributed by atoms with van der Waals surface area (Å²) >= 11 is 5.36. The smallest absolute Gasteiger partial charge is 0.542 e. The van der Waals surface area contributed by atoms with Crippen molar-refractivity contribution in [2.75, 3.05) is 7.11 Å². The van der Waals surface area contributed by atoms with Gasteiger partial charge in [-0.3, -0.25) is 0 Å². The third kappa shape index (κ3) is 3.62.